The SMILES string of the molecule is Cc1ccccc1-c1cc2c3c(c1)N(c1ccc(C(C)(C)C)cc1-c1ccccc1)c1c(sc4ccccc14)B3N(c1ccc3c(c1)C(C)(C)CCC3(C)C)c1cc(-c3ccccc3)ccc1-2. The van der Waals surface area contributed by atoms with Crippen molar-refractivity contribution in [2.75, 3.05) is 9.71 Å². The van der Waals surface area contributed by atoms with Gasteiger partial charge in [0, 0.05) is 43.1 Å². The molecule has 12 rings (SSSR count). The lowest BCUT2D eigenvalue weighted by molar-refractivity contribution is 0.332. The van der Waals surface area contributed by atoms with E-state index in [0.717, 1.165) is 6.42 Å². The Morgan fingerprint density at radius 2 is 1.18 bits per heavy atom. The van der Waals surface area contributed by atoms with Crippen LogP contribution in [-0.2, 0) is 16.2 Å². The normalized spacial score (nSPS) is 15.5. The fourth-order valence-electron chi connectivity index (χ4n) is 11.6. The molecule has 0 radical (unpaired) electrons. The molecule has 0 spiro atoms. The molecular formula is C63H57BN2S. The quantitative estimate of drug-likeness (QED) is 0.159. The Hall–Kier alpha value is -6.62. The highest BCUT2D eigenvalue weighted by atomic mass is 32.1. The van der Waals surface area contributed by atoms with Crippen molar-refractivity contribution in [2.45, 2.75) is 84.5 Å². The van der Waals surface area contributed by atoms with Gasteiger partial charge < -0.3 is 9.71 Å². The van der Waals surface area contributed by atoms with Gasteiger partial charge in [0.1, 0.15) is 0 Å². The summed E-state index contributed by atoms with van der Waals surface area (Å²) >= 11 is 1.97. The van der Waals surface area contributed by atoms with Gasteiger partial charge in [0.15, 0.2) is 0 Å². The number of benzene rings is 8. The van der Waals surface area contributed by atoms with Gasteiger partial charge in [-0.2, -0.15) is 0 Å². The Morgan fingerprint density at radius 3 is 1.93 bits per heavy atom. The monoisotopic (exact) mass is 884 g/mol. The molecule has 0 saturated carbocycles. The predicted molar refractivity (Wildman–Crippen MR) is 291 cm³/mol. The molecule has 0 atom stereocenters. The molecule has 67 heavy (non-hydrogen) atoms. The number of anilines is 5. The molecular weight excluding hydrogens is 828 g/mol. The summed E-state index contributed by atoms with van der Waals surface area (Å²) in [5.74, 6) is 0. The summed E-state index contributed by atoms with van der Waals surface area (Å²) in [5.41, 5.74) is 23.2. The summed E-state index contributed by atoms with van der Waals surface area (Å²) in [6.07, 6.45) is 2.35. The molecule has 0 saturated heterocycles. The van der Waals surface area contributed by atoms with Crippen LogP contribution in [0.25, 0.3) is 54.6 Å². The van der Waals surface area contributed by atoms with Crippen molar-refractivity contribution in [3.63, 3.8) is 0 Å². The standard InChI is InChI=1S/C63H57BN2S/c1-40-19-15-16-24-47(40)44-35-51-48-30-27-43(41-20-11-9-12-21-41)36-55(48)66(46-29-31-52-53(39-46)63(7,8)34-33-62(52,5)6)64-58(51)56(37-44)65(59-49-25-17-18-26-57(49)67-60(59)64)54-32-28-45(61(2,3)4)38-50(54)42-22-13-10-14-23-42/h9-32,35-39H,33-34H2,1-8H3. The third-order valence-corrected chi connectivity index (χ3v) is 16.6. The average molecular weight is 885 g/mol. The molecule has 8 aromatic carbocycles. The molecule has 2 aliphatic heterocycles. The lowest BCUT2D eigenvalue weighted by Gasteiger charge is -2.46. The van der Waals surface area contributed by atoms with E-state index < -0.39 is 0 Å². The number of nitrogens with zero attached hydrogens (tertiary/aromatic N) is 2. The number of rotatable bonds is 5. The highest BCUT2D eigenvalue weighted by Gasteiger charge is 2.48. The van der Waals surface area contributed by atoms with Crippen molar-refractivity contribution in [2.24, 2.45) is 0 Å². The van der Waals surface area contributed by atoms with E-state index in [1.807, 2.05) is 11.3 Å². The van der Waals surface area contributed by atoms with Crippen LogP contribution in [0.2, 0.25) is 0 Å². The molecule has 0 bridgehead atoms. The Morgan fingerprint density at radius 1 is 0.507 bits per heavy atom. The van der Waals surface area contributed by atoms with Crippen LogP contribution in [0.1, 0.15) is 83.6 Å². The first-order valence-electron chi connectivity index (χ1n) is 24.2. The van der Waals surface area contributed by atoms with Gasteiger partial charge in [-0.3, -0.25) is 0 Å². The molecule has 4 heteroatoms. The van der Waals surface area contributed by atoms with E-state index in [4.69, 9.17) is 0 Å². The smallest absolute Gasteiger partial charge is 0.343 e. The van der Waals surface area contributed by atoms with Crippen molar-refractivity contribution >= 4 is 66.9 Å². The summed E-state index contributed by atoms with van der Waals surface area (Å²) < 4.78 is 2.67. The largest absolute Gasteiger partial charge is 0.376 e. The Bertz CT molecular complexity index is 3430. The summed E-state index contributed by atoms with van der Waals surface area (Å²) in [4.78, 5) is 5.41. The average Bonchev–Trinajstić information content (AvgIpc) is 3.72. The van der Waals surface area contributed by atoms with Crippen molar-refractivity contribution < 1.29 is 0 Å². The minimum Gasteiger partial charge on any atom is -0.376 e. The zero-order chi connectivity index (χ0) is 46.0. The van der Waals surface area contributed by atoms with Crippen LogP contribution < -0.4 is 20.0 Å². The highest BCUT2D eigenvalue weighted by Crippen LogP contribution is 2.54. The van der Waals surface area contributed by atoms with Crippen molar-refractivity contribution in [3.05, 3.63) is 198 Å². The maximum atomic E-state index is 2.74. The Kier molecular flexibility index (Phi) is 9.48. The van der Waals surface area contributed by atoms with Gasteiger partial charge in [-0.1, -0.05) is 176 Å². The first-order valence-corrected chi connectivity index (χ1v) is 25.0. The van der Waals surface area contributed by atoms with Crippen LogP contribution in [0.4, 0.5) is 28.4 Å². The number of thiophene rings is 1. The van der Waals surface area contributed by atoms with Gasteiger partial charge in [-0.15, -0.1) is 11.3 Å². The van der Waals surface area contributed by atoms with Crippen LogP contribution in [0.3, 0.4) is 0 Å². The maximum absolute atomic E-state index is 2.74. The van der Waals surface area contributed by atoms with Gasteiger partial charge in [0.2, 0.25) is 0 Å². The van der Waals surface area contributed by atoms with E-state index >= 15 is 0 Å². The summed E-state index contributed by atoms with van der Waals surface area (Å²) in [6.45, 7) is 18.9. The second kappa shape index (κ2) is 15.2. The number of hydrogen-bond acceptors (Lipinski definition) is 3. The second-order valence-corrected chi connectivity index (χ2v) is 22.7. The lowest BCUT2D eigenvalue weighted by atomic mass is 9.46. The molecule has 328 valence electrons. The number of hydrogen-bond donors (Lipinski definition) is 0. The van der Waals surface area contributed by atoms with Crippen LogP contribution in [0, 0.1) is 6.92 Å². The zero-order valence-electron chi connectivity index (χ0n) is 40.0. The van der Waals surface area contributed by atoms with Gasteiger partial charge in [-0.25, -0.2) is 0 Å². The van der Waals surface area contributed by atoms with E-state index in [1.54, 1.807) is 0 Å². The molecule has 1 aliphatic carbocycles. The van der Waals surface area contributed by atoms with E-state index in [9.17, 15) is 0 Å². The van der Waals surface area contributed by atoms with Crippen LogP contribution >= 0.6 is 11.3 Å². The molecule has 2 nitrogen and oxygen atoms in total. The summed E-state index contributed by atoms with van der Waals surface area (Å²) in [7, 11) is 0. The summed E-state index contributed by atoms with van der Waals surface area (Å²) in [5, 5.41) is 1.28. The van der Waals surface area contributed by atoms with E-state index in [-0.39, 0.29) is 23.1 Å². The van der Waals surface area contributed by atoms with Crippen LogP contribution in [-0.4, -0.2) is 6.85 Å². The molecule has 3 heterocycles. The Labute approximate surface area is 401 Å². The summed E-state index contributed by atoms with van der Waals surface area (Å²) in [6, 6.07) is 67.1. The topological polar surface area (TPSA) is 6.48 Å². The predicted octanol–water partition coefficient (Wildman–Crippen LogP) is 16.6. The third kappa shape index (κ3) is 6.66. The van der Waals surface area contributed by atoms with E-state index in [0.29, 0.717) is 0 Å². The van der Waals surface area contributed by atoms with Crippen molar-refractivity contribution in [1.29, 1.82) is 0 Å². The van der Waals surface area contributed by atoms with Crippen LogP contribution in [0.5, 0.6) is 0 Å². The number of fused-ring (bicyclic) bond motifs is 7. The van der Waals surface area contributed by atoms with Gasteiger partial charge in [0.25, 0.3) is 0 Å². The highest BCUT2D eigenvalue weighted by molar-refractivity contribution is 7.32. The third-order valence-electron chi connectivity index (χ3n) is 15.4. The zero-order valence-corrected chi connectivity index (χ0v) is 40.9. The second-order valence-electron chi connectivity index (χ2n) is 21.6. The Balaban J connectivity index is 1.23. The number of aryl methyl sites for hydroxylation is 1. The first kappa shape index (κ1) is 41.8. The maximum Gasteiger partial charge on any atom is 0.343 e. The van der Waals surface area contributed by atoms with Crippen molar-refractivity contribution in [3.8, 4) is 44.5 Å². The minimum atomic E-state index is -0.0927. The van der Waals surface area contributed by atoms with Gasteiger partial charge in [0.05, 0.1) is 11.4 Å². The van der Waals surface area contributed by atoms with Gasteiger partial charge in [-0.05, 0) is 146 Å². The van der Waals surface area contributed by atoms with E-state index in [2.05, 4.69) is 241 Å². The minimum absolute atomic E-state index is 0.0271. The molecule has 0 N–H and O–H groups in total. The van der Waals surface area contributed by atoms with Gasteiger partial charge >= 0.3 is 6.85 Å². The lowest BCUT2D eigenvalue weighted by Crippen LogP contribution is -2.60. The first-order chi connectivity index (χ1) is 32.3. The molecule has 3 aliphatic rings. The van der Waals surface area contributed by atoms with E-state index in [1.165, 1.54) is 122 Å². The van der Waals surface area contributed by atoms with Crippen LogP contribution in [0.15, 0.2) is 176 Å². The van der Waals surface area contributed by atoms with Crippen molar-refractivity contribution in [1.82, 2.24) is 0 Å². The molecule has 0 fully saturated rings. The fraction of sp³-hybridized carbons (Fsp3) is 0.206. The fourth-order valence-corrected chi connectivity index (χ4v) is 12.9. The molecule has 9 aromatic rings. The molecule has 1 aromatic heterocycles. The molecule has 0 unspecified atom stereocenters. The molecule has 0 amide bonds.